The van der Waals surface area contributed by atoms with Gasteiger partial charge in [0.05, 0.1) is 0 Å². The fourth-order valence-corrected chi connectivity index (χ4v) is 3.76. The van der Waals surface area contributed by atoms with Gasteiger partial charge in [-0.05, 0) is 65.3 Å². The van der Waals surface area contributed by atoms with Crippen LogP contribution in [-0.2, 0) is 16.8 Å². The van der Waals surface area contributed by atoms with Crippen LogP contribution in [0.5, 0.6) is 0 Å². The van der Waals surface area contributed by atoms with E-state index in [2.05, 4.69) is 28.1 Å². The lowest BCUT2D eigenvalue weighted by atomic mass is 9.96. The predicted molar refractivity (Wildman–Crippen MR) is 93.8 cm³/mol. The van der Waals surface area contributed by atoms with Crippen molar-refractivity contribution in [2.75, 3.05) is 0 Å². The van der Waals surface area contributed by atoms with E-state index in [4.69, 9.17) is 0 Å². The van der Waals surface area contributed by atoms with E-state index in [1.54, 1.807) is 6.07 Å². The van der Waals surface area contributed by atoms with Gasteiger partial charge >= 0.3 is 0 Å². The Morgan fingerprint density at radius 1 is 1.04 bits per heavy atom. The first kappa shape index (κ1) is 16.6. The standard InChI is InChI=1S/C18H16BrFO2S/c19-15-8-6-12(7-9-15)16-2-1-3-17(16)13-4-5-14(11-23(21)22)18(20)10-13/h4-10H,1-3,11H2,(H,21,22)/p-1. The molecular formula is C18H15BrFO2S-. The Labute approximate surface area is 145 Å². The average molecular weight is 394 g/mol. The number of hydrogen-bond acceptors (Lipinski definition) is 2. The molecular weight excluding hydrogens is 379 g/mol. The minimum absolute atomic E-state index is 0.214. The van der Waals surface area contributed by atoms with Crippen LogP contribution in [0.4, 0.5) is 4.39 Å². The molecule has 1 atom stereocenters. The largest absolute Gasteiger partial charge is 0.772 e. The molecule has 0 heterocycles. The summed E-state index contributed by atoms with van der Waals surface area (Å²) in [6.07, 6.45) is 2.94. The van der Waals surface area contributed by atoms with Crippen molar-refractivity contribution in [1.29, 1.82) is 0 Å². The third kappa shape index (κ3) is 3.79. The van der Waals surface area contributed by atoms with E-state index < -0.39 is 16.9 Å². The van der Waals surface area contributed by atoms with Crippen molar-refractivity contribution in [1.82, 2.24) is 0 Å². The lowest BCUT2D eigenvalue weighted by molar-refractivity contribution is 0.533. The molecule has 2 aromatic rings. The highest BCUT2D eigenvalue weighted by molar-refractivity contribution is 9.10. The lowest BCUT2D eigenvalue weighted by Gasteiger charge is -2.11. The summed E-state index contributed by atoms with van der Waals surface area (Å²) in [6.45, 7) is 0. The molecule has 120 valence electrons. The van der Waals surface area contributed by atoms with Gasteiger partial charge in [-0.3, -0.25) is 4.21 Å². The van der Waals surface area contributed by atoms with E-state index in [-0.39, 0.29) is 11.3 Å². The molecule has 0 radical (unpaired) electrons. The highest BCUT2D eigenvalue weighted by Crippen LogP contribution is 2.40. The fourth-order valence-electron chi connectivity index (χ4n) is 3.01. The molecule has 23 heavy (non-hydrogen) atoms. The maximum absolute atomic E-state index is 14.1. The predicted octanol–water partition coefficient (Wildman–Crippen LogP) is 5.06. The van der Waals surface area contributed by atoms with Gasteiger partial charge in [0.25, 0.3) is 0 Å². The summed E-state index contributed by atoms with van der Waals surface area (Å²) in [7, 11) is 0. The molecule has 1 unspecified atom stereocenters. The van der Waals surface area contributed by atoms with Gasteiger partial charge in [0, 0.05) is 10.2 Å². The highest BCUT2D eigenvalue weighted by atomic mass is 79.9. The first-order chi connectivity index (χ1) is 11.0. The summed E-state index contributed by atoms with van der Waals surface area (Å²) in [5.41, 5.74) is 4.62. The van der Waals surface area contributed by atoms with E-state index >= 15 is 0 Å². The fraction of sp³-hybridized carbons (Fsp3) is 0.222. The number of benzene rings is 2. The molecule has 1 aliphatic rings. The van der Waals surface area contributed by atoms with Crippen molar-refractivity contribution >= 4 is 38.2 Å². The van der Waals surface area contributed by atoms with Gasteiger partial charge < -0.3 is 4.55 Å². The van der Waals surface area contributed by atoms with Crippen LogP contribution >= 0.6 is 15.9 Å². The van der Waals surface area contributed by atoms with Gasteiger partial charge in [-0.1, -0.05) is 51.3 Å². The number of hydrogen-bond donors (Lipinski definition) is 0. The molecule has 0 aliphatic heterocycles. The summed E-state index contributed by atoms with van der Waals surface area (Å²) in [5, 5.41) is 0. The van der Waals surface area contributed by atoms with Crippen LogP contribution < -0.4 is 0 Å². The molecule has 0 amide bonds. The van der Waals surface area contributed by atoms with Crippen LogP contribution in [0.2, 0.25) is 0 Å². The molecule has 1 aliphatic carbocycles. The molecule has 3 rings (SSSR count). The zero-order valence-corrected chi connectivity index (χ0v) is 14.8. The number of allylic oxidation sites excluding steroid dienone is 2. The Kier molecular flexibility index (Phi) is 5.09. The van der Waals surface area contributed by atoms with Crippen molar-refractivity contribution < 1.29 is 13.2 Å². The van der Waals surface area contributed by atoms with Crippen molar-refractivity contribution in [3.63, 3.8) is 0 Å². The molecule has 0 aromatic heterocycles. The van der Waals surface area contributed by atoms with Crippen molar-refractivity contribution in [3.8, 4) is 0 Å². The van der Waals surface area contributed by atoms with Gasteiger partial charge in [-0.25, -0.2) is 4.39 Å². The highest BCUT2D eigenvalue weighted by Gasteiger charge is 2.18. The Balaban J connectivity index is 1.98. The van der Waals surface area contributed by atoms with E-state index in [1.165, 1.54) is 11.6 Å². The molecule has 0 saturated carbocycles. The quantitative estimate of drug-likeness (QED) is 0.680. The maximum atomic E-state index is 14.1. The minimum Gasteiger partial charge on any atom is -0.772 e. The minimum atomic E-state index is -2.28. The van der Waals surface area contributed by atoms with Gasteiger partial charge in [-0.2, -0.15) is 0 Å². The Hall–Kier alpha value is -1.30. The molecule has 2 aromatic carbocycles. The molecule has 0 N–H and O–H groups in total. The zero-order chi connectivity index (χ0) is 16.4. The third-order valence-electron chi connectivity index (χ3n) is 4.09. The second-order valence-corrected chi connectivity index (χ2v) is 7.38. The van der Waals surface area contributed by atoms with Crippen LogP contribution in [-0.4, -0.2) is 8.76 Å². The molecule has 5 heteroatoms. The van der Waals surface area contributed by atoms with Crippen LogP contribution in [0, 0.1) is 5.82 Å². The molecule has 0 saturated heterocycles. The average Bonchev–Trinajstić information content (AvgIpc) is 2.99. The number of halogens is 2. The second-order valence-electron chi connectivity index (χ2n) is 5.57. The second kappa shape index (κ2) is 7.07. The first-order valence-electron chi connectivity index (χ1n) is 7.37. The van der Waals surface area contributed by atoms with Crippen LogP contribution in [0.1, 0.15) is 36.0 Å². The topological polar surface area (TPSA) is 40.1 Å². The normalized spacial score (nSPS) is 16.0. The van der Waals surface area contributed by atoms with Crippen molar-refractivity contribution in [2.45, 2.75) is 25.0 Å². The summed E-state index contributed by atoms with van der Waals surface area (Å²) in [5.74, 6) is -0.744. The SMILES string of the molecule is O=S([O-])Cc1ccc(C2=C(c3ccc(Br)cc3)CCC2)cc1F. The van der Waals surface area contributed by atoms with Gasteiger partial charge in [0.1, 0.15) is 5.82 Å². The summed E-state index contributed by atoms with van der Waals surface area (Å²) >= 11 is 1.15. The maximum Gasteiger partial charge on any atom is 0.127 e. The zero-order valence-electron chi connectivity index (χ0n) is 12.4. The van der Waals surface area contributed by atoms with Gasteiger partial charge in [-0.15, -0.1) is 0 Å². The van der Waals surface area contributed by atoms with Gasteiger partial charge in [0.2, 0.25) is 0 Å². The van der Waals surface area contributed by atoms with E-state index in [1.807, 2.05) is 18.2 Å². The van der Waals surface area contributed by atoms with E-state index in [0.717, 1.165) is 40.4 Å². The summed E-state index contributed by atoms with van der Waals surface area (Å²) < 4.78 is 36.7. The summed E-state index contributed by atoms with van der Waals surface area (Å²) in [6, 6.07) is 13.0. The third-order valence-corrected chi connectivity index (χ3v) is 5.16. The Morgan fingerprint density at radius 2 is 1.65 bits per heavy atom. The monoisotopic (exact) mass is 393 g/mol. The molecule has 2 nitrogen and oxygen atoms in total. The first-order valence-corrected chi connectivity index (χ1v) is 9.41. The van der Waals surface area contributed by atoms with Crippen LogP contribution in [0.25, 0.3) is 11.1 Å². The lowest BCUT2D eigenvalue weighted by Crippen LogP contribution is -1.98. The van der Waals surface area contributed by atoms with E-state index in [9.17, 15) is 13.2 Å². The smallest absolute Gasteiger partial charge is 0.127 e. The molecule has 0 fully saturated rings. The molecule has 0 bridgehead atoms. The van der Waals surface area contributed by atoms with Crippen LogP contribution in [0.3, 0.4) is 0 Å². The Bertz CT molecular complexity index is 784. The summed E-state index contributed by atoms with van der Waals surface area (Å²) in [4.78, 5) is 0. The van der Waals surface area contributed by atoms with Crippen molar-refractivity contribution in [3.05, 3.63) is 69.4 Å². The van der Waals surface area contributed by atoms with Crippen LogP contribution in [0.15, 0.2) is 46.9 Å². The van der Waals surface area contributed by atoms with Gasteiger partial charge in [0.15, 0.2) is 0 Å². The van der Waals surface area contributed by atoms with E-state index in [0.29, 0.717) is 0 Å². The van der Waals surface area contributed by atoms with Crippen molar-refractivity contribution in [2.24, 2.45) is 0 Å². The number of rotatable bonds is 4. The Morgan fingerprint density at radius 3 is 2.26 bits per heavy atom. The molecule has 0 spiro atoms.